The highest BCUT2D eigenvalue weighted by molar-refractivity contribution is 5.95. The van der Waals surface area contributed by atoms with Gasteiger partial charge in [-0.05, 0) is 30.2 Å². The van der Waals surface area contributed by atoms with E-state index in [1.165, 1.54) is 6.92 Å². The summed E-state index contributed by atoms with van der Waals surface area (Å²) in [5.41, 5.74) is 2.89. The van der Waals surface area contributed by atoms with Crippen LogP contribution in [0.15, 0.2) is 48.5 Å². The van der Waals surface area contributed by atoms with Gasteiger partial charge in [0.2, 0.25) is 5.91 Å². The van der Waals surface area contributed by atoms with Crippen molar-refractivity contribution in [3.8, 4) is 5.75 Å². The Bertz CT molecular complexity index is 773. The SMILES string of the molecule is CC(=O)N1C[C@H](C(=O)NCc2ccccc2C)Oc2ccccc21. The highest BCUT2D eigenvalue weighted by atomic mass is 16.5. The minimum atomic E-state index is -0.715. The van der Waals surface area contributed by atoms with Crippen molar-refractivity contribution in [2.24, 2.45) is 0 Å². The van der Waals surface area contributed by atoms with Gasteiger partial charge < -0.3 is 15.0 Å². The van der Waals surface area contributed by atoms with Crippen LogP contribution >= 0.6 is 0 Å². The lowest BCUT2D eigenvalue weighted by molar-refractivity contribution is -0.128. The number of nitrogens with zero attached hydrogens (tertiary/aromatic N) is 1. The normalized spacial score (nSPS) is 16.1. The van der Waals surface area contributed by atoms with Gasteiger partial charge in [0.25, 0.3) is 5.91 Å². The molecule has 2 aromatic carbocycles. The highest BCUT2D eigenvalue weighted by Gasteiger charge is 2.32. The molecule has 1 atom stereocenters. The number of aryl methyl sites for hydroxylation is 1. The second kappa shape index (κ2) is 6.74. The molecule has 1 N–H and O–H groups in total. The van der Waals surface area contributed by atoms with Gasteiger partial charge in [0.05, 0.1) is 12.2 Å². The number of amides is 2. The van der Waals surface area contributed by atoms with E-state index in [2.05, 4.69) is 5.32 Å². The predicted molar refractivity (Wildman–Crippen MR) is 91.9 cm³/mol. The number of nitrogens with one attached hydrogen (secondary N) is 1. The second-order valence-electron chi connectivity index (χ2n) is 5.85. The topological polar surface area (TPSA) is 58.6 Å². The summed E-state index contributed by atoms with van der Waals surface area (Å²) >= 11 is 0. The van der Waals surface area contributed by atoms with Crippen molar-refractivity contribution in [2.75, 3.05) is 11.4 Å². The van der Waals surface area contributed by atoms with E-state index in [0.717, 1.165) is 11.1 Å². The highest BCUT2D eigenvalue weighted by Crippen LogP contribution is 2.33. The molecule has 0 aromatic heterocycles. The summed E-state index contributed by atoms with van der Waals surface area (Å²) in [4.78, 5) is 26.0. The Morgan fingerprint density at radius 1 is 1.17 bits per heavy atom. The smallest absolute Gasteiger partial charge is 0.263 e. The third kappa shape index (κ3) is 3.25. The van der Waals surface area contributed by atoms with E-state index in [1.807, 2.05) is 49.4 Å². The molecule has 0 fully saturated rings. The minimum absolute atomic E-state index is 0.109. The number of rotatable bonds is 3. The first-order chi connectivity index (χ1) is 11.6. The Hall–Kier alpha value is -2.82. The van der Waals surface area contributed by atoms with Gasteiger partial charge >= 0.3 is 0 Å². The van der Waals surface area contributed by atoms with Crippen molar-refractivity contribution >= 4 is 17.5 Å². The average Bonchev–Trinajstić information content (AvgIpc) is 2.59. The van der Waals surface area contributed by atoms with E-state index >= 15 is 0 Å². The molecule has 2 amide bonds. The number of para-hydroxylation sites is 2. The van der Waals surface area contributed by atoms with Crippen LogP contribution < -0.4 is 15.0 Å². The number of carbonyl (C=O) groups is 2. The molecule has 0 aliphatic carbocycles. The summed E-state index contributed by atoms with van der Waals surface area (Å²) in [5.74, 6) is 0.219. The number of fused-ring (bicyclic) bond motifs is 1. The molecule has 124 valence electrons. The number of ether oxygens (including phenoxy) is 1. The van der Waals surface area contributed by atoms with Gasteiger partial charge in [-0.3, -0.25) is 9.59 Å². The van der Waals surface area contributed by atoms with E-state index in [9.17, 15) is 9.59 Å². The standard InChI is InChI=1S/C19H20N2O3/c1-13-7-3-4-8-15(13)11-20-19(23)18-12-21(14(2)22)16-9-5-6-10-17(16)24-18/h3-10,18H,11-12H2,1-2H3,(H,20,23)/t18-/m1/s1. The first-order valence-electron chi connectivity index (χ1n) is 7.92. The summed E-state index contributed by atoms with van der Waals surface area (Å²) in [5, 5.41) is 2.90. The minimum Gasteiger partial charge on any atom is -0.477 e. The maximum atomic E-state index is 12.5. The van der Waals surface area contributed by atoms with E-state index in [1.54, 1.807) is 11.0 Å². The molecule has 24 heavy (non-hydrogen) atoms. The van der Waals surface area contributed by atoms with Crippen molar-refractivity contribution in [3.63, 3.8) is 0 Å². The third-order valence-electron chi connectivity index (χ3n) is 4.16. The average molecular weight is 324 g/mol. The number of anilines is 1. The van der Waals surface area contributed by atoms with Gasteiger partial charge in [0.15, 0.2) is 6.10 Å². The van der Waals surface area contributed by atoms with Gasteiger partial charge in [-0.15, -0.1) is 0 Å². The molecule has 5 heteroatoms. The lowest BCUT2D eigenvalue weighted by Gasteiger charge is -2.33. The summed E-state index contributed by atoms with van der Waals surface area (Å²) in [6, 6.07) is 15.2. The molecule has 3 rings (SSSR count). The third-order valence-corrected chi connectivity index (χ3v) is 4.16. The lowest BCUT2D eigenvalue weighted by atomic mass is 10.1. The number of hydrogen-bond acceptors (Lipinski definition) is 3. The van der Waals surface area contributed by atoms with Crippen LogP contribution in [0.2, 0.25) is 0 Å². The zero-order chi connectivity index (χ0) is 17.1. The number of carbonyl (C=O) groups excluding carboxylic acids is 2. The summed E-state index contributed by atoms with van der Waals surface area (Å²) in [6.45, 7) is 4.15. The fraction of sp³-hybridized carbons (Fsp3) is 0.263. The maximum Gasteiger partial charge on any atom is 0.263 e. The van der Waals surface area contributed by atoms with E-state index in [0.29, 0.717) is 18.0 Å². The van der Waals surface area contributed by atoms with Gasteiger partial charge in [-0.2, -0.15) is 0 Å². The van der Waals surface area contributed by atoms with Crippen LogP contribution in [0.25, 0.3) is 0 Å². The van der Waals surface area contributed by atoms with Crippen molar-refractivity contribution in [2.45, 2.75) is 26.5 Å². The van der Waals surface area contributed by atoms with Crippen LogP contribution in [-0.2, 0) is 16.1 Å². The molecule has 0 radical (unpaired) electrons. The van der Waals surface area contributed by atoms with Crippen molar-refractivity contribution in [3.05, 3.63) is 59.7 Å². The molecule has 2 aromatic rings. The molecule has 1 heterocycles. The van der Waals surface area contributed by atoms with Gasteiger partial charge in [-0.1, -0.05) is 36.4 Å². The second-order valence-corrected chi connectivity index (χ2v) is 5.85. The molecular weight excluding hydrogens is 304 g/mol. The molecular formula is C19H20N2O3. The van der Waals surface area contributed by atoms with Gasteiger partial charge in [-0.25, -0.2) is 0 Å². The van der Waals surface area contributed by atoms with E-state index in [-0.39, 0.29) is 18.4 Å². The Morgan fingerprint density at radius 3 is 2.62 bits per heavy atom. The van der Waals surface area contributed by atoms with Crippen LogP contribution in [0.1, 0.15) is 18.1 Å². The molecule has 0 unspecified atom stereocenters. The van der Waals surface area contributed by atoms with Crippen molar-refractivity contribution < 1.29 is 14.3 Å². The van der Waals surface area contributed by atoms with Crippen LogP contribution in [0.4, 0.5) is 5.69 Å². The Labute approximate surface area is 141 Å². The fourth-order valence-corrected chi connectivity index (χ4v) is 2.77. The first-order valence-corrected chi connectivity index (χ1v) is 7.92. The molecule has 1 aliphatic heterocycles. The summed E-state index contributed by atoms with van der Waals surface area (Å²) in [6.07, 6.45) is -0.715. The molecule has 0 saturated heterocycles. The van der Waals surface area contributed by atoms with Crippen LogP contribution in [0.3, 0.4) is 0 Å². The lowest BCUT2D eigenvalue weighted by Crippen LogP contribution is -2.50. The quantitative estimate of drug-likeness (QED) is 0.943. The van der Waals surface area contributed by atoms with Gasteiger partial charge in [0.1, 0.15) is 5.75 Å². The zero-order valence-corrected chi connectivity index (χ0v) is 13.8. The summed E-state index contributed by atoms with van der Waals surface area (Å²) < 4.78 is 5.79. The molecule has 5 nitrogen and oxygen atoms in total. The van der Waals surface area contributed by atoms with Crippen LogP contribution in [0.5, 0.6) is 5.75 Å². The van der Waals surface area contributed by atoms with E-state index in [4.69, 9.17) is 4.74 Å². The fourth-order valence-electron chi connectivity index (χ4n) is 2.77. The summed E-state index contributed by atoms with van der Waals surface area (Å²) in [7, 11) is 0. The Kier molecular flexibility index (Phi) is 4.51. The van der Waals surface area contributed by atoms with Gasteiger partial charge in [0, 0.05) is 13.5 Å². The monoisotopic (exact) mass is 324 g/mol. The molecule has 1 aliphatic rings. The zero-order valence-electron chi connectivity index (χ0n) is 13.8. The van der Waals surface area contributed by atoms with Crippen molar-refractivity contribution in [1.29, 1.82) is 0 Å². The molecule has 0 saturated carbocycles. The maximum absolute atomic E-state index is 12.5. The first kappa shape index (κ1) is 16.1. The Balaban J connectivity index is 1.72. The van der Waals surface area contributed by atoms with Crippen molar-refractivity contribution in [1.82, 2.24) is 5.32 Å². The number of benzene rings is 2. The van der Waals surface area contributed by atoms with Crippen LogP contribution in [0, 0.1) is 6.92 Å². The predicted octanol–water partition coefficient (Wildman–Crippen LogP) is 2.43. The number of hydrogen-bond donors (Lipinski definition) is 1. The molecule has 0 bridgehead atoms. The van der Waals surface area contributed by atoms with Crippen LogP contribution in [-0.4, -0.2) is 24.5 Å². The molecule has 0 spiro atoms. The Morgan fingerprint density at radius 2 is 1.88 bits per heavy atom. The van der Waals surface area contributed by atoms with E-state index < -0.39 is 6.10 Å². The largest absolute Gasteiger partial charge is 0.477 e.